The van der Waals surface area contributed by atoms with Gasteiger partial charge in [0.05, 0.1) is 6.54 Å². The molecule has 2 heterocycles. The summed E-state index contributed by atoms with van der Waals surface area (Å²) < 4.78 is 4.71. The Labute approximate surface area is 86.7 Å². The number of nitrogens with zero attached hydrogens (tertiary/aromatic N) is 3. The van der Waals surface area contributed by atoms with E-state index in [1.54, 1.807) is 25.4 Å². The zero-order valence-corrected chi connectivity index (χ0v) is 8.27. The monoisotopic (exact) mass is 205 g/mol. The first-order chi connectivity index (χ1) is 7.38. The summed E-state index contributed by atoms with van der Waals surface area (Å²) >= 11 is 0. The van der Waals surface area contributed by atoms with Gasteiger partial charge in [0, 0.05) is 19.3 Å². The Kier molecular flexibility index (Phi) is 2.77. The fraction of sp³-hybridized carbons (Fsp3) is 0.222. The molecule has 0 aromatic carbocycles. The second kappa shape index (κ2) is 4.41. The molecular weight excluding hydrogens is 194 g/mol. The highest BCUT2D eigenvalue weighted by molar-refractivity contribution is 5.39. The molecule has 0 aliphatic rings. The van der Waals surface area contributed by atoms with Crippen LogP contribution in [0.4, 0.5) is 11.8 Å². The Morgan fingerprint density at radius 3 is 3.07 bits per heavy atom. The van der Waals surface area contributed by atoms with Gasteiger partial charge in [-0.25, -0.2) is 4.98 Å². The summed E-state index contributed by atoms with van der Waals surface area (Å²) in [4.78, 5) is 8.21. The number of aromatic nitrogens is 3. The van der Waals surface area contributed by atoms with Gasteiger partial charge in [0.1, 0.15) is 17.8 Å². The van der Waals surface area contributed by atoms with Crippen LogP contribution in [-0.4, -0.2) is 22.2 Å². The zero-order valence-electron chi connectivity index (χ0n) is 8.27. The van der Waals surface area contributed by atoms with Gasteiger partial charge in [0.25, 0.3) is 0 Å². The minimum absolute atomic E-state index is 0.580. The Morgan fingerprint density at radius 1 is 1.40 bits per heavy atom. The van der Waals surface area contributed by atoms with E-state index >= 15 is 0 Å². The number of hydrogen-bond acceptors (Lipinski definition) is 6. The predicted molar refractivity (Wildman–Crippen MR) is 55.4 cm³/mol. The van der Waals surface area contributed by atoms with Gasteiger partial charge in [-0.15, -0.1) is 0 Å². The van der Waals surface area contributed by atoms with Gasteiger partial charge in [0.15, 0.2) is 0 Å². The van der Waals surface area contributed by atoms with Crippen molar-refractivity contribution < 1.29 is 4.52 Å². The van der Waals surface area contributed by atoms with Crippen LogP contribution in [0.15, 0.2) is 29.1 Å². The first-order valence-electron chi connectivity index (χ1n) is 4.52. The molecule has 0 spiro atoms. The van der Waals surface area contributed by atoms with Crippen LogP contribution in [0.25, 0.3) is 0 Å². The summed E-state index contributed by atoms with van der Waals surface area (Å²) in [6.45, 7) is 0.580. The molecule has 0 bridgehead atoms. The molecule has 0 aliphatic heterocycles. The summed E-state index contributed by atoms with van der Waals surface area (Å²) in [5, 5.41) is 9.75. The highest BCUT2D eigenvalue weighted by atomic mass is 16.5. The SMILES string of the molecule is CNc1nccc(NCc2ccon2)n1. The number of hydrogen-bond donors (Lipinski definition) is 2. The van der Waals surface area contributed by atoms with Gasteiger partial charge in [-0.3, -0.25) is 0 Å². The first-order valence-corrected chi connectivity index (χ1v) is 4.52. The molecule has 78 valence electrons. The average molecular weight is 205 g/mol. The van der Waals surface area contributed by atoms with Crippen molar-refractivity contribution in [3.05, 3.63) is 30.3 Å². The van der Waals surface area contributed by atoms with Gasteiger partial charge in [0.2, 0.25) is 5.95 Å². The maximum absolute atomic E-state index is 4.71. The minimum Gasteiger partial charge on any atom is -0.364 e. The fourth-order valence-corrected chi connectivity index (χ4v) is 1.09. The van der Waals surface area contributed by atoms with Crippen LogP contribution in [0.2, 0.25) is 0 Å². The van der Waals surface area contributed by atoms with Crippen molar-refractivity contribution in [2.45, 2.75) is 6.54 Å². The molecule has 0 saturated heterocycles. The van der Waals surface area contributed by atoms with Crippen LogP contribution in [0, 0.1) is 0 Å². The van der Waals surface area contributed by atoms with Crippen molar-refractivity contribution in [3.8, 4) is 0 Å². The summed E-state index contributed by atoms with van der Waals surface area (Å²) in [5.41, 5.74) is 0.833. The predicted octanol–water partition coefficient (Wildman–Crippen LogP) is 1.12. The zero-order chi connectivity index (χ0) is 10.5. The molecule has 2 rings (SSSR count). The molecule has 2 aromatic rings. The largest absolute Gasteiger partial charge is 0.364 e. The quantitative estimate of drug-likeness (QED) is 0.778. The van der Waals surface area contributed by atoms with Crippen molar-refractivity contribution in [3.63, 3.8) is 0 Å². The van der Waals surface area contributed by atoms with Gasteiger partial charge in [-0.2, -0.15) is 4.98 Å². The van der Waals surface area contributed by atoms with E-state index in [1.165, 1.54) is 6.26 Å². The maximum Gasteiger partial charge on any atom is 0.224 e. The summed E-state index contributed by atoms with van der Waals surface area (Å²) in [6, 6.07) is 3.59. The van der Waals surface area contributed by atoms with E-state index in [9.17, 15) is 0 Å². The van der Waals surface area contributed by atoms with Crippen molar-refractivity contribution in [1.82, 2.24) is 15.1 Å². The van der Waals surface area contributed by atoms with Crippen molar-refractivity contribution >= 4 is 11.8 Å². The lowest BCUT2D eigenvalue weighted by molar-refractivity contribution is 0.412. The lowest BCUT2D eigenvalue weighted by Crippen LogP contribution is -2.04. The fourth-order valence-electron chi connectivity index (χ4n) is 1.09. The molecule has 0 radical (unpaired) electrons. The minimum atomic E-state index is 0.580. The Balaban J connectivity index is 1.98. The van der Waals surface area contributed by atoms with E-state index in [-0.39, 0.29) is 0 Å². The van der Waals surface area contributed by atoms with Crippen LogP contribution in [-0.2, 0) is 6.54 Å². The third-order valence-corrected chi connectivity index (χ3v) is 1.82. The molecule has 6 nitrogen and oxygen atoms in total. The Morgan fingerprint density at radius 2 is 2.33 bits per heavy atom. The van der Waals surface area contributed by atoms with Crippen molar-refractivity contribution in [2.75, 3.05) is 17.7 Å². The molecule has 0 unspecified atom stereocenters. The van der Waals surface area contributed by atoms with Crippen molar-refractivity contribution in [1.29, 1.82) is 0 Å². The van der Waals surface area contributed by atoms with Gasteiger partial charge in [-0.05, 0) is 6.07 Å². The van der Waals surface area contributed by atoms with E-state index in [0.717, 1.165) is 11.5 Å². The Hall–Kier alpha value is -2.11. The van der Waals surface area contributed by atoms with Crippen LogP contribution in [0.1, 0.15) is 5.69 Å². The van der Waals surface area contributed by atoms with E-state index in [2.05, 4.69) is 25.8 Å². The van der Waals surface area contributed by atoms with Crippen LogP contribution in [0.5, 0.6) is 0 Å². The van der Waals surface area contributed by atoms with Gasteiger partial charge < -0.3 is 15.2 Å². The van der Waals surface area contributed by atoms with Crippen LogP contribution in [0.3, 0.4) is 0 Å². The second-order valence-electron chi connectivity index (χ2n) is 2.86. The van der Waals surface area contributed by atoms with E-state index < -0.39 is 0 Å². The molecule has 2 aromatic heterocycles. The van der Waals surface area contributed by atoms with E-state index in [0.29, 0.717) is 12.5 Å². The van der Waals surface area contributed by atoms with Gasteiger partial charge in [-0.1, -0.05) is 5.16 Å². The second-order valence-corrected chi connectivity index (χ2v) is 2.86. The van der Waals surface area contributed by atoms with Crippen LogP contribution >= 0.6 is 0 Å². The smallest absolute Gasteiger partial charge is 0.224 e. The van der Waals surface area contributed by atoms with E-state index in [4.69, 9.17) is 4.52 Å². The lowest BCUT2D eigenvalue weighted by atomic mass is 10.4. The third-order valence-electron chi connectivity index (χ3n) is 1.82. The molecule has 2 N–H and O–H groups in total. The van der Waals surface area contributed by atoms with Crippen molar-refractivity contribution in [2.24, 2.45) is 0 Å². The standard InChI is InChI=1S/C9H11N5O/c1-10-9-11-4-2-8(13-9)12-6-7-3-5-15-14-7/h2-5H,6H2,1H3,(H2,10,11,12,13). The number of nitrogens with one attached hydrogen (secondary N) is 2. The van der Waals surface area contributed by atoms with E-state index in [1.807, 2.05) is 0 Å². The third kappa shape index (κ3) is 2.43. The highest BCUT2D eigenvalue weighted by Gasteiger charge is 1.98. The molecule has 0 fully saturated rings. The molecule has 0 atom stereocenters. The summed E-state index contributed by atoms with van der Waals surface area (Å²) in [7, 11) is 1.77. The van der Waals surface area contributed by atoms with Crippen LogP contribution < -0.4 is 10.6 Å². The molecule has 0 amide bonds. The molecule has 6 heteroatoms. The average Bonchev–Trinajstić information content (AvgIpc) is 2.79. The summed E-state index contributed by atoms with van der Waals surface area (Å²) in [6.07, 6.45) is 3.22. The molecular formula is C9H11N5O. The maximum atomic E-state index is 4.71. The molecule has 0 saturated carbocycles. The number of rotatable bonds is 4. The molecule has 0 aliphatic carbocycles. The Bertz CT molecular complexity index is 414. The first kappa shape index (κ1) is 9.45. The molecule has 15 heavy (non-hydrogen) atoms. The lowest BCUT2D eigenvalue weighted by Gasteiger charge is -2.04. The van der Waals surface area contributed by atoms with Gasteiger partial charge >= 0.3 is 0 Å². The number of anilines is 2. The highest BCUT2D eigenvalue weighted by Crippen LogP contribution is 2.06. The summed E-state index contributed by atoms with van der Waals surface area (Å²) in [5.74, 6) is 1.33. The normalized spacial score (nSPS) is 9.93. The topological polar surface area (TPSA) is 75.9 Å².